The standard InChI is InChI=1S/C49H53ClN4O6/c1-3-34-19-18-31-23-27-52(44(31)47(58)51(34)4-2)46(57)42-21-20-35-22-25-49(48(59)54(35)42)24-11-26-53(49)45(56)33(28-32-12-5-10-17-41(32)50)29-43(55)60-30-40-38-15-8-6-13-36(38)37-14-7-9-16-39(37)40/h5-10,12-19,22,25,31,33-35,40,42,44H,3-4,11,20-21,23-24,26-30H2,1-2H3/t31-,33?,34+,35-,42-,44-,49+/m0/s1. The summed E-state index contributed by atoms with van der Waals surface area (Å²) < 4.78 is 6.03. The van der Waals surface area contributed by atoms with Crippen molar-refractivity contribution in [2.24, 2.45) is 11.8 Å². The molecular formula is C49H53ClN4O6. The molecule has 7 atom stereocenters. The molecule has 0 radical (unpaired) electrons. The zero-order valence-electron chi connectivity index (χ0n) is 34.4. The number of hydrogen-bond acceptors (Lipinski definition) is 6. The number of benzene rings is 3. The van der Waals surface area contributed by atoms with Crippen LogP contribution in [0, 0.1) is 11.8 Å². The number of amides is 4. The lowest BCUT2D eigenvalue weighted by atomic mass is 9.86. The van der Waals surface area contributed by atoms with Crippen LogP contribution in [0.4, 0.5) is 0 Å². The largest absolute Gasteiger partial charge is 0.465 e. The summed E-state index contributed by atoms with van der Waals surface area (Å²) in [6.07, 6.45) is 11.7. The van der Waals surface area contributed by atoms with Gasteiger partial charge in [-0.1, -0.05) is 110 Å². The van der Waals surface area contributed by atoms with Crippen molar-refractivity contribution in [1.82, 2.24) is 19.6 Å². The Balaban J connectivity index is 0.951. The highest BCUT2D eigenvalue weighted by Gasteiger charge is 2.58. The molecule has 0 bridgehead atoms. The fourth-order valence-electron chi connectivity index (χ4n) is 11.2. The Kier molecular flexibility index (Phi) is 10.9. The molecular weight excluding hydrogens is 776 g/mol. The van der Waals surface area contributed by atoms with E-state index in [4.69, 9.17) is 16.3 Å². The molecule has 3 saturated heterocycles. The molecule has 5 aliphatic heterocycles. The Morgan fingerprint density at radius 1 is 0.867 bits per heavy atom. The number of halogens is 1. The summed E-state index contributed by atoms with van der Waals surface area (Å²) in [4.78, 5) is 79.6. The second kappa shape index (κ2) is 16.3. The first kappa shape index (κ1) is 40.2. The highest BCUT2D eigenvalue weighted by atomic mass is 35.5. The third-order valence-electron chi connectivity index (χ3n) is 14.2. The molecule has 1 aliphatic carbocycles. The average Bonchev–Trinajstić information content (AvgIpc) is 4.05. The number of hydrogen-bond donors (Lipinski definition) is 0. The van der Waals surface area contributed by atoms with Crippen molar-refractivity contribution in [3.63, 3.8) is 0 Å². The lowest BCUT2D eigenvalue weighted by Gasteiger charge is -2.45. The second-order valence-corrected chi connectivity index (χ2v) is 17.7. The van der Waals surface area contributed by atoms with Gasteiger partial charge in [-0.05, 0) is 85.8 Å². The molecule has 3 aromatic rings. The topological polar surface area (TPSA) is 108 Å². The van der Waals surface area contributed by atoms with Gasteiger partial charge in [0.05, 0.1) is 18.4 Å². The van der Waals surface area contributed by atoms with Crippen LogP contribution in [-0.4, -0.2) is 105 Å². The third kappa shape index (κ3) is 6.75. The summed E-state index contributed by atoms with van der Waals surface area (Å²) in [6.45, 7) is 5.51. The van der Waals surface area contributed by atoms with Crippen molar-refractivity contribution in [2.75, 3.05) is 26.2 Å². The van der Waals surface area contributed by atoms with Crippen LogP contribution in [0.15, 0.2) is 97.1 Å². The van der Waals surface area contributed by atoms with Crippen LogP contribution in [-0.2, 0) is 35.1 Å². The molecule has 4 amide bonds. The minimum atomic E-state index is -1.29. The summed E-state index contributed by atoms with van der Waals surface area (Å²) >= 11 is 6.65. The molecule has 10 nitrogen and oxygen atoms in total. The predicted molar refractivity (Wildman–Crippen MR) is 229 cm³/mol. The number of likely N-dealkylation sites (N-methyl/N-ethyl adjacent to an activating group) is 1. The zero-order chi connectivity index (χ0) is 41.7. The molecule has 0 saturated carbocycles. The average molecular weight is 829 g/mol. The smallest absolute Gasteiger partial charge is 0.306 e. The minimum absolute atomic E-state index is 0.00800. The molecule has 6 aliphatic rings. The Bertz CT molecular complexity index is 2230. The van der Waals surface area contributed by atoms with Gasteiger partial charge >= 0.3 is 5.97 Å². The quantitative estimate of drug-likeness (QED) is 0.162. The molecule has 3 fully saturated rings. The lowest BCUT2D eigenvalue weighted by molar-refractivity contribution is -0.158. The molecule has 5 heterocycles. The third-order valence-corrected chi connectivity index (χ3v) is 14.5. The fraction of sp³-hybridized carbons (Fsp3) is 0.449. The van der Waals surface area contributed by atoms with Gasteiger partial charge in [0.25, 0.3) is 5.91 Å². The normalized spacial score (nSPS) is 27.2. The van der Waals surface area contributed by atoms with E-state index in [9.17, 15) is 14.4 Å². The Morgan fingerprint density at radius 2 is 1.58 bits per heavy atom. The van der Waals surface area contributed by atoms with Gasteiger partial charge in [0, 0.05) is 42.5 Å². The maximum atomic E-state index is 15.1. The van der Waals surface area contributed by atoms with Gasteiger partial charge in [0.15, 0.2) is 0 Å². The first-order valence-electron chi connectivity index (χ1n) is 21.8. The number of ether oxygens (including phenoxy) is 1. The molecule has 1 unspecified atom stereocenters. The van der Waals surface area contributed by atoms with E-state index < -0.39 is 29.5 Å². The van der Waals surface area contributed by atoms with E-state index in [1.54, 1.807) is 20.8 Å². The second-order valence-electron chi connectivity index (χ2n) is 17.3. The van der Waals surface area contributed by atoms with E-state index in [-0.39, 0.29) is 67.0 Å². The SMILES string of the molecule is CC[C@@H]1C=C[C@H]2CCN(C(=O)[C@@H]3CC[C@H]4C=C[C@]5(CCCN5C(=O)C(CC(=O)OCC5c6ccccc6-c6ccccc65)Cc5ccccc5Cl)C(=O)N43)[C@@H]2C(=O)N1CC. The molecule has 60 heavy (non-hydrogen) atoms. The first-order chi connectivity index (χ1) is 29.1. The van der Waals surface area contributed by atoms with Crippen LogP contribution in [0.5, 0.6) is 0 Å². The number of esters is 1. The summed E-state index contributed by atoms with van der Waals surface area (Å²) in [5.41, 5.74) is 3.89. The van der Waals surface area contributed by atoms with E-state index >= 15 is 9.59 Å². The van der Waals surface area contributed by atoms with Crippen molar-refractivity contribution in [2.45, 2.75) is 101 Å². The summed E-state index contributed by atoms with van der Waals surface area (Å²) in [6, 6.07) is 22.0. The minimum Gasteiger partial charge on any atom is -0.465 e. The van der Waals surface area contributed by atoms with Crippen molar-refractivity contribution in [3.05, 3.63) is 119 Å². The molecule has 1 spiro atoms. The number of fused-ring (bicyclic) bond motifs is 5. The highest BCUT2D eigenvalue weighted by molar-refractivity contribution is 6.31. The molecule has 3 aromatic carbocycles. The summed E-state index contributed by atoms with van der Waals surface area (Å²) in [5, 5.41) is 0.493. The highest BCUT2D eigenvalue weighted by Crippen LogP contribution is 2.46. The van der Waals surface area contributed by atoms with Gasteiger partial charge in [-0.15, -0.1) is 0 Å². The van der Waals surface area contributed by atoms with Crippen LogP contribution in [0.25, 0.3) is 11.1 Å². The van der Waals surface area contributed by atoms with Crippen LogP contribution >= 0.6 is 11.6 Å². The predicted octanol–water partition coefficient (Wildman–Crippen LogP) is 6.95. The molecule has 11 heteroatoms. The van der Waals surface area contributed by atoms with Gasteiger partial charge < -0.3 is 24.3 Å². The van der Waals surface area contributed by atoms with E-state index in [1.807, 2.05) is 66.4 Å². The van der Waals surface area contributed by atoms with Gasteiger partial charge in [0.1, 0.15) is 24.2 Å². The van der Waals surface area contributed by atoms with Crippen LogP contribution in [0.2, 0.25) is 5.02 Å². The Labute approximate surface area is 357 Å². The number of likely N-dealkylation sites (tertiary alicyclic amines) is 2. The molecule has 0 N–H and O–H groups in total. The first-order valence-corrected chi connectivity index (χ1v) is 22.2. The summed E-state index contributed by atoms with van der Waals surface area (Å²) in [7, 11) is 0. The maximum Gasteiger partial charge on any atom is 0.306 e. The summed E-state index contributed by atoms with van der Waals surface area (Å²) in [5.74, 6) is -2.35. The number of carbonyl (C=O) groups excluding carboxylic acids is 5. The van der Waals surface area contributed by atoms with Crippen molar-refractivity contribution < 1.29 is 28.7 Å². The van der Waals surface area contributed by atoms with Crippen molar-refractivity contribution in [1.29, 1.82) is 0 Å². The van der Waals surface area contributed by atoms with E-state index in [1.165, 1.54) is 0 Å². The number of nitrogens with zero attached hydrogens (tertiary/aromatic N) is 4. The number of rotatable bonds is 10. The molecule has 312 valence electrons. The van der Waals surface area contributed by atoms with Gasteiger partial charge in [-0.25, -0.2) is 0 Å². The van der Waals surface area contributed by atoms with Gasteiger partial charge in [0.2, 0.25) is 17.7 Å². The monoisotopic (exact) mass is 828 g/mol. The molecule has 9 rings (SSSR count). The fourth-order valence-corrected chi connectivity index (χ4v) is 11.4. The number of carbonyl (C=O) groups is 5. The molecule has 0 aromatic heterocycles. The van der Waals surface area contributed by atoms with Crippen LogP contribution < -0.4 is 0 Å². The maximum absolute atomic E-state index is 15.1. The Hall–Kier alpha value is -5.22. The zero-order valence-corrected chi connectivity index (χ0v) is 35.1. The van der Waals surface area contributed by atoms with Gasteiger partial charge in [-0.2, -0.15) is 0 Å². The van der Waals surface area contributed by atoms with E-state index in [2.05, 4.69) is 43.3 Å². The van der Waals surface area contributed by atoms with Crippen LogP contribution in [0.3, 0.4) is 0 Å². The van der Waals surface area contributed by atoms with Crippen LogP contribution in [0.1, 0.15) is 81.4 Å². The lowest BCUT2D eigenvalue weighted by Crippen LogP contribution is -2.64. The van der Waals surface area contributed by atoms with Crippen molar-refractivity contribution in [3.8, 4) is 11.1 Å². The van der Waals surface area contributed by atoms with Gasteiger partial charge in [-0.3, -0.25) is 24.0 Å². The Morgan fingerprint density at radius 3 is 2.30 bits per heavy atom. The van der Waals surface area contributed by atoms with E-state index in [0.29, 0.717) is 56.8 Å². The van der Waals surface area contributed by atoms with Crippen molar-refractivity contribution >= 4 is 41.2 Å². The van der Waals surface area contributed by atoms with E-state index in [0.717, 1.165) is 34.2 Å².